The van der Waals surface area contributed by atoms with Crippen molar-refractivity contribution in [1.82, 2.24) is 9.88 Å². The first-order valence-electron chi connectivity index (χ1n) is 12.0. The number of likely N-dealkylation sites (tertiary alicyclic amines) is 1. The highest BCUT2D eigenvalue weighted by atomic mass is 16.5. The number of rotatable bonds is 3. The molecule has 2 aromatic rings. The van der Waals surface area contributed by atoms with E-state index < -0.39 is 5.34 Å². The van der Waals surface area contributed by atoms with Crippen LogP contribution in [-0.4, -0.2) is 81.9 Å². The second kappa shape index (κ2) is 10.8. The molecule has 1 amide bonds. The van der Waals surface area contributed by atoms with E-state index in [4.69, 9.17) is 29.9 Å². The quantitative estimate of drug-likeness (QED) is 0.684. The molecule has 0 unspecified atom stereocenters. The zero-order chi connectivity index (χ0) is 25.0. The van der Waals surface area contributed by atoms with E-state index in [0.717, 1.165) is 44.7 Å². The van der Waals surface area contributed by atoms with Gasteiger partial charge in [-0.2, -0.15) is 0 Å². The molecular weight excluding hydrogens is 444 g/mol. The predicted molar refractivity (Wildman–Crippen MR) is 135 cm³/mol. The van der Waals surface area contributed by atoms with Gasteiger partial charge in [-0.05, 0) is 50.8 Å². The van der Waals surface area contributed by atoms with Gasteiger partial charge in [-0.1, -0.05) is 0 Å². The summed E-state index contributed by atoms with van der Waals surface area (Å²) in [6.45, 7) is 5.49. The molecular formula is C25H31B2N3O5. The maximum absolute atomic E-state index is 11.9. The van der Waals surface area contributed by atoms with E-state index in [0.29, 0.717) is 28.9 Å². The topological polar surface area (TPSA) is 84.4 Å². The van der Waals surface area contributed by atoms with E-state index in [1.165, 1.54) is 12.8 Å². The second-order valence-corrected chi connectivity index (χ2v) is 9.21. The zero-order valence-electron chi connectivity index (χ0n) is 20.4. The number of phenols is 1. The predicted octanol–water partition coefficient (Wildman–Crippen LogP) is 2.66. The number of anilines is 2. The highest BCUT2D eigenvalue weighted by Crippen LogP contribution is 2.43. The van der Waals surface area contributed by atoms with Crippen molar-refractivity contribution < 1.29 is 24.1 Å². The van der Waals surface area contributed by atoms with Crippen LogP contribution in [0.15, 0.2) is 30.5 Å². The Balaban J connectivity index is 0.000000189. The molecule has 5 rings (SSSR count). The van der Waals surface area contributed by atoms with Crippen molar-refractivity contribution in [3.8, 4) is 17.4 Å². The van der Waals surface area contributed by atoms with Crippen molar-refractivity contribution in [3.63, 3.8) is 0 Å². The van der Waals surface area contributed by atoms with E-state index in [1.54, 1.807) is 36.4 Å². The zero-order valence-corrected chi connectivity index (χ0v) is 20.4. The Morgan fingerprint density at radius 1 is 1.20 bits per heavy atom. The molecule has 1 N–H and O–H groups in total. The van der Waals surface area contributed by atoms with Crippen molar-refractivity contribution in [2.45, 2.75) is 37.9 Å². The smallest absolute Gasteiger partial charge is 0.225 e. The largest absolute Gasteiger partial charge is 0.508 e. The Bertz CT molecular complexity index is 1040. The van der Waals surface area contributed by atoms with Crippen molar-refractivity contribution >= 4 is 33.0 Å². The van der Waals surface area contributed by atoms with Gasteiger partial charge in [0, 0.05) is 49.2 Å². The SMILES string of the molecule is O=C(C1CCOCC1)N1CCCC1.[B]C1([B])COc2ccc(O)cc2N1c1cnc(OC)c(C)c1. The number of aromatic nitrogens is 1. The summed E-state index contributed by atoms with van der Waals surface area (Å²) in [6, 6.07) is 6.66. The molecule has 3 aliphatic heterocycles. The summed E-state index contributed by atoms with van der Waals surface area (Å²) < 4.78 is 16.0. The van der Waals surface area contributed by atoms with Crippen molar-refractivity contribution in [3.05, 3.63) is 36.0 Å². The van der Waals surface area contributed by atoms with Gasteiger partial charge in [0.1, 0.15) is 11.5 Å². The molecule has 3 aliphatic rings. The second-order valence-electron chi connectivity index (χ2n) is 9.21. The molecule has 182 valence electrons. The van der Waals surface area contributed by atoms with E-state index in [-0.39, 0.29) is 18.3 Å². The van der Waals surface area contributed by atoms with Gasteiger partial charge in [0.25, 0.3) is 0 Å². The minimum absolute atomic E-state index is 0.100. The molecule has 4 radical (unpaired) electrons. The molecule has 0 bridgehead atoms. The molecule has 0 atom stereocenters. The fourth-order valence-corrected chi connectivity index (χ4v) is 4.69. The third-order valence-corrected chi connectivity index (χ3v) is 6.51. The lowest BCUT2D eigenvalue weighted by Gasteiger charge is -2.45. The lowest BCUT2D eigenvalue weighted by Crippen LogP contribution is -2.54. The first-order chi connectivity index (χ1) is 16.8. The molecule has 0 saturated carbocycles. The van der Waals surface area contributed by atoms with Gasteiger partial charge in [-0.25, -0.2) is 4.98 Å². The number of amides is 1. The molecule has 0 aliphatic carbocycles. The molecule has 2 fully saturated rings. The third kappa shape index (κ3) is 5.69. The summed E-state index contributed by atoms with van der Waals surface area (Å²) in [5, 5.41) is 8.50. The minimum Gasteiger partial charge on any atom is -0.508 e. The van der Waals surface area contributed by atoms with Crippen LogP contribution in [0.3, 0.4) is 0 Å². The number of hydrogen-bond acceptors (Lipinski definition) is 7. The highest BCUT2D eigenvalue weighted by Gasteiger charge is 2.35. The number of nitrogens with zero attached hydrogens (tertiary/aromatic N) is 3. The van der Waals surface area contributed by atoms with Crippen LogP contribution in [-0.2, 0) is 9.53 Å². The fraction of sp³-hybridized carbons (Fsp3) is 0.520. The standard InChI is InChI=1S/C15H14B2N2O3.C10H17NO2/c1-9-5-10(7-18-14(9)21-2)19-12-6-11(20)3-4-13(12)22-8-15(19,16)17;12-10(11-5-1-2-6-11)9-3-7-13-8-4-9/h3-7,20H,8H2,1-2H3;9H,1-8H2. The summed E-state index contributed by atoms with van der Waals surface area (Å²) in [4.78, 5) is 19.8. The van der Waals surface area contributed by atoms with Crippen molar-refractivity contribution in [1.29, 1.82) is 0 Å². The number of carbonyl (C=O) groups is 1. The van der Waals surface area contributed by atoms with Crippen LogP contribution < -0.4 is 14.4 Å². The summed E-state index contributed by atoms with van der Waals surface area (Å²) in [5.74, 6) is 1.86. The van der Waals surface area contributed by atoms with Gasteiger partial charge in [0.2, 0.25) is 11.8 Å². The maximum atomic E-state index is 11.9. The van der Waals surface area contributed by atoms with Crippen LogP contribution in [0.25, 0.3) is 0 Å². The van der Waals surface area contributed by atoms with E-state index >= 15 is 0 Å². The van der Waals surface area contributed by atoms with Crippen LogP contribution >= 0.6 is 0 Å². The Hall–Kier alpha value is -2.87. The Kier molecular flexibility index (Phi) is 7.79. The normalized spacial score (nSPS) is 19.3. The number of benzene rings is 1. The van der Waals surface area contributed by atoms with Gasteiger partial charge in [-0.3, -0.25) is 4.79 Å². The first kappa shape index (κ1) is 25.2. The molecule has 4 heterocycles. The average molecular weight is 475 g/mol. The lowest BCUT2D eigenvalue weighted by molar-refractivity contribution is -0.137. The number of pyridine rings is 1. The average Bonchev–Trinajstić information content (AvgIpc) is 3.39. The first-order valence-corrected chi connectivity index (χ1v) is 12.0. The minimum atomic E-state index is -1.26. The maximum Gasteiger partial charge on any atom is 0.225 e. The molecule has 1 aromatic heterocycles. The van der Waals surface area contributed by atoms with Gasteiger partial charge >= 0.3 is 0 Å². The third-order valence-electron chi connectivity index (χ3n) is 6.51. The van der Waals surface area contributed by atoms with E-state index in [1.807, 2.05) is 17.9 Å². The molecule has 0 spiro atoms. The number of fused-ring (bicyclic) bond motifs is 1. The van der Waals surface area contributed by atoms with Gasteiger partial charge in [0.05, 0.1) is 47.0 Å². The lowest BCUT2D eigenvalue weighted by atomic mass is 9.60. The summed E-state index contributed by atoms with van der Waals surface area (Å²) >= 11 is 0. The molecule has 10 heteroatoms. The fourth-order valence-electron chi connectivity index (χ4n) is 4.69. The van der Waals surface area contributed by atoms with Gasteiger partial charge < -0.3 is 29.1 Å². The monoisotopic (exact) mass is 475 g/mol. The summed E-state index contributed by atoms with van der Waals surface area (Å²) in [5.41, 5.74) is 2.13. The summed E-state index contributed by atoms with van der Waals surface area (Å²) in [6.07, 6.45) is 5.86. The van der Waals surface area contributed by atoms with Crippen molar-refractivity contribution in [2.75, 3.05) is 44.9 Å². The number of methoxy groups -OCH3 is 1. The molecule has 2 saturated heterocycles. The van der Waals surface area contributed by atoms with Gasteiger partial charge in [0.15, 0.2) is 0 Å². The molecule has 1 aromatic carbocycles. The number of aromatic hydroxyl groups is 1. The van der Waals surface area contributed by atoms with Crippen LogP contribution in [0, 0.1) is 12.8 Å². The van der Waals surface area contributed by atoms with Crippen LogP contribution in [0.4, 0.5) is 11.4 Å². The molecule has 35 heavy (non-hydrogen) atoms. The Labute approximate surface area is 209 Å². The van der Waals surface area contributed by atoms with Crippen LogP contribution in [0.1, 0.15) is 31.2 Å². The Morgan fingerprint density at radius 3 is 2.57 bits per heavy atom. The van der Waals surface area contributed by atoms with Crippen molar-refractivity contribution in [2.24, 2.45) is 5.92 Å². The number of phenolic OH excluding ortho intramolecular Hbond substituents is 1. The van der Waals surface area contributed by atoms with Gasteiger partial charge in [-0.15, -0.1) is 0 Å². The Morgan fingerprint density at radius 2 is 1.91 bits per heavy atom. The number of carbonyl (C=O) groups excluding carboxylic acids is 1. The number of aryl methyl sites for hydroxylation is 1. The highest BCUT2D eigenvalue weighted by molar-refractivity contribution is 6.43. The number of hydrogen-bond donors (Lipinski definition) is 1. The van der Waals surface area contributed by atoms with Crippen LogP contribution in [0.2, 0.25) is 0 Å². The summed E-state index contributed by atoms with van der Waals surface area (Å²) in [7, 11) is 13.9. The number of ether oxygens (including phenoxy) is 3. The van der Waals surface area contributed by atoms with Crippen LogP contribution in [0.5, 0.6) is 17.4 Å². The van der Waals surface area contributed by atoms with E-state index in [9.17, 15) is 9.90 Å². The van der Waals surface area contributed by atoms with E-state index in [2.05, 4.69) is 4.98 Å². The molecule has 8 nitrogen and oxygen atoms in total.